The van der Waals surface area contributed by atoms with Crippen LogP contribution in [0.1, 0.15) is 11.7 Å². The summed E-state index contributed by atoms with van der Waals surface area (Å²) >= 11 is 5.76. The molecule has 8 nitrogen and oxygen atoms in total. The van der Waals surface area contributed by atoms with Gasteiger partial charge in [-0.15, -0.1) is 0 Å². The van der Waals surface area contributed by atoms with Crippen molar-refractivity contribution in [1.29, 1.82) is 0 Å². The number of morpholine rings is 1. The molecule has 1 fully saturated rings. The predicted molar refractivity (Wildman–Crippen MR) is 109 cm³/mol. The summed E-state index contributed by atoms with van der Waals surface area (Å²) in [5, 5.41) is 0.409. The Morgan fingerprint density at radius 1 is 1.37 bits per heavy atom. The van der Waals surface area contributed by atoms with Crippen LogP contribution in [0.2, 0.25) is 5.02 Å². The van der Waals surface area contributed by atoms with Gasteiger partial charge in [-0.1, -0.05) is 23.7 Å². The number of benzene rings is 1. The summed E-state index contributed by atoms with van der Waals surface area (Å²) in [6, 6.07) is 4.89. The number of amides is 1. The zero-order chi connectivity index (χ0) is 21.9. The summed E-state index contributed by atoms with van der Waals surface area (Å²) in [6.07, 6.45) is -0.291. The molecule has 30 heavy (non-hydrogen) atoms. The van der Waals surface area contributed by atoms with Crippen molar-refractivity contribution in [3.63, 3.8) is 0 Å². The Balaban J connectivity index is 1.63. The summed E-state index contributed by atoms with van der Waals surface area (Å²) in [4.78, 5) is 27.6. The Morgan fingerprint density at radius 3 is 2.70 bits per heavy atom. The number of nitrogens with one attached hydrogen (secondary N) is 1. The molecule has 1 saturated heterocycles. The van der Waals surface area contributed by atoms with E-state index in [9.17, 15) is 22.4 Å². The van der Waals surface area contributed by atoms with E-state index in [1.165, 1.54) is 35.2 Å². The maximum Gasteiger partial charge on any atom is 0.271 e. The lowest BCUT2D eigenvalue weighted by Gasteiger charge is -2.36. The molecule has 3 rings (SSSR count). The Morgan fingerprint density at radius 2 is 2.07 bits per heavy atom. The quantitative estimate of drug-likeness (QED) is 0.580. The number of carbonyl (C=O) groups is 2. The van der Waals surface area contributed by atoms with E-state index in [0.717, 1.165) is 6.54 Å². The summed E-state index contributed by atoms with van der Waals surface area (Å²) in [5.41, 5.74) is -0.0352. The third-order valence-corrected chi connectivity index (χ3v) is 6.54. The van der Waals surface area contributed by atoms with Gasteiger partial charge in [-0.25, -0.2) is 12.8 Å². The van der Waals surface area contributed by atoms with Gasteiger partial charge in [0.1, 0.15) is 29.9 Å². The molecule has 1 aromatic carbocycles. The van der Waals surface area contributed by atoms with Gasteiger partial charge in [0.15, 0.2) is 0 Å². The molecule has 1 amide bonds. The molecule has 0 spiro atoms. The molecule has 164 valence electrons. The number of ether oxygens (including phenoxy) is 1. The number of aldehydes is 1. The highest BCUT2D eigenvalue weighted by atomic mass is 35.5. The van der Waals surface area contributed by atoms with E-state index in [2.05, 4.69) is 4.72 Å². The van der Waals surface area contributed by atoms with Crippen molar-refractivity contribution in [1.82, 2.24) is 14.5 Å². The molecule has 0 radical (unpaired) electrons. The number of sulfonamides is 1. The smallest absolute Gasteiger partial charge is 0.271 e. The zero-order valence-electron chi connectivity index (χ0n) is 16.3. The van der Waals surface area contributed by atoms with E-state index < -0.39 is 40.0 Å². The van der Waals surface area contributed by atoms with Crippen molar-refractivity contribution in [2.75, 3.05) is 39.0 Å². The highest BCUT2D eigenvalue weighted by Crippen LogP contribution is 2.23. The minimum atomic E-state index is -4.15. The van der Waals surface area contributed by atoms with E-state index in [0.29, 0.717) is 24.5 Å². The van der Waals surface area contributed by atoms with Crippen LogP contribution in [-0.2, 0) is 24.3 Å². The van der Waals surface area contributed by atoms with Crippen LogP contribution < -0.4 is 4.72 Å². The Hall–Kier alpha value is -2.01. The number of hydrogen-bond acceptors (Lipinski definition) is 6. The average Bonchev–Trinajstić information content (AvgIpc) is 3.02. The third-order valence-electron chi connectivity index (χ3n) is 5.02. The molecule has 2 unspecified atom stereocenters. The second-order valence-corrected chi connectivity index (χ2v) is 9.48. The molecule has 3 atom stereocenters. The van der Waals surface area contributed by atoms with Crippen LogP contribution in [0.15, 0.2) is 36.0 Å². The van der Waals surface area contributed by atoms with Gasteiger partial charge in [0.05, 0.1) is 12.7 Å². The average molecular weight is 460 g/mol. The van der Waals surface area contributed by atoms with Crippen LogP contribution in [0, 0.1) is 0 Å². The molecule has 2 aliphatic heterocycles. The first-order chi connectivity index (χ1) is 14.2. The van der Waals surface area contributed by atoms with Crippen LogP contribution in [0.5, 0.6) is 0 Å². The lowest BCUT2D eigenvalue weighted by molar-refractivity contribution is -0.139. The summed E-state index contributed by atoms with van der Waals surface area (Å²) < 4.78 is 47.0. The number of carbonyl (C=O) groups excluding carboxylic acids is 2. The predicted octanol–water partition coefficient (Wildman–Crippen LogP) is 0.894. The fourth-order valence-corrected chi connectivity index (χ4v) is 4.70. The number of likely N-dealkylation sites (N-methyl/N-ethyl adjacent to an activating group) is 1. The molecule has 11 heteroatoms. The number of rotatable bonds is 8. The maximum absolute atomic E-state index is 14.4. The third kappa shape index (κ3) is 5.37. The fourth-order valence-electron chi connectivity index (χ4n) is 3.41. The highest BCUT2D eigenvalue weighted by Gasteiger charge is 2.38. The molecule has 2 heterocycles. The van der Waals surface area contributed by atoms with Crippen LogP contribution >= 0.6 is 11.6 Å². The van der Waals surface area contributed by atoms with E-state index in [4.69, 9.17) is 16.3 Å². The van der Waals surface area contributed by atoms with Crippen molar-refractivity contribution < 1.29 is 27.1 Å². The number of halogens is 2. The Kier molecular flexibility index (Phi) is 7.12. The van der Waals surface area contributed by atoms with Gasteiger partial charge in [-0.05, 0) is 30.8 Å². The molecule has 0 saturated carbocycles. The first-order valence-corrected chi connectivity index (χ1v) is 11.4. The molecule has 1 N–H and O–H groups in total. The normalized spacial score (nSPS) is 22.5. The van der Waals surface area contributed by atoms with Gasteiger partial charge in [-0.3, -0.25) is 9.52 Å². The van der Waals surface area contributed by atoms with Crippen molar-refractivity contribution in [2.24, 2.45) is 0 Å². The van der Waals surface area contributed by atoms with Crippen LogP contribution in [0.3, 0.4) is 0 Å². The molecule has 2 aliphatic rings. The SMILES string of the molecule is CN1CCOC([C@@H](C=O)N2CC=C(NS(=O)(=O)CC(F)c3ccc(Cl)cc3)C2=O)C1. The van der Waals surface area contributed by atoms with E-state index in [1.807, 2.05) is 11.9 Å². The monoisotopic (exact) mass is 459 g/mol. The highest BCUT2D eigenvalue weighted by molar-refractivity contribution is 7.89. The Labute approximate surface area is 179 Å². The van der Waals surface area contributed by atoms with Crippen LogP contribution in [0.25, 0.3) is 0 Å². The molecular weight excluding hydrogens is 437 g/mol. The fraction of sp³-hybridized carbons (Fsp3) is 0.474. The molecular formula is C19H23ClFN3O5S. The van der Waals surface area contributed by atoms with Crippen LogP contribution in [0.4, 0.5) is 4.39 Å². The van der Waals surface area contributed by atoms with Gasteiger partial charge >= 0.3 is 0 Å². The molecule has 0 aromatic heterocycles. The first kappa shape index (κ1) is 22.7. The van der Waals surface area contributed by atoms with Crippen LogP contribution in [-0.4, -0.2) is 81.6 Å². The number of nitrogens with zero attached hydrogens (tertiary/aromatic N) is 2. The second-order valence-electron chi connectivity index (χ2n) is 7.28. The van der Waals surface area contributed by atoms with E-state index in [-0.39, 0.29) is 17.8 Å². The number of alkyl halides is 1. The van der Waals surface area contributed by atoms with Gasteiger partial charge in [-0.2, -0.15) is 0 Å². The number of hydrogen-bond donors (Lipinski definition) is 1. The van der Waals surface area contributed by atoms with Crippen molar-refractivity contribution in [3.8, 4) is 0 Å². The Bertz CT molecular complexity index is 925. The molecule has 1 aromatic rings. The summed E-state index contributed by atoms with van der Waals surface area (Å²) in [7, 11) is -2.26. The lowest BCUT2D eigenvalue weighted by Crippen LogP contribution is -2.54. The minimum absolute atomic E-state index is 0.0555. The second kappa shape index (κ2) is 9.42. The molecule has 0 bridgehead atoms. The largest absolute Gasteiger partial charge is 0.373 e. The minimum Gasteiger partial charge on any atom is -0.373 e. The van der Waals surface area contributed by atoms with Gasteiger partial charge in [0, 0.05) is 24.7 Å². The van der Waals surface area contributed by atoms with E-state index >= 15 is 0 Å². The summed E-state index contributed by atoms with van der Waals surface area (Å²) in [6.45, 7) is 1.68. The summed E-state index contributed by atoms with van der Waals surface area (Å²) in [5.74, 6) is -1.50. The van der Waals surface area contributed by atoms with Gasteiger partial charge < -0.3 is 19.3 Å². The lowest BCUT2D eigenvalue weighted by atomic mass is 10.1. The van der Waals surface area contributed by atoms with Crippen molar-refractivity contribution in [2.45, 2.75) is 18.3 Å². The standard InChI is InChI=1S/C19H23ClFN3O5S/c1-23-8-9-29-18(10-23)17(11-25)24-7-6-16(19(24)26)22-30(27,28)12-15(21)13-2-4-14(20)5-3-13/h2-6,11,15,17-18,22H,7-10,12H2,1H3/t15?,17-,18?/m1/s1. The van der Waals surface area contributed by atoms with E-state index in [1.54, 1.807) is 0 Å². The topological polar surface area (TPSA) is 96.0 Å². The first-order valence-electron chi connectivity index (χ1n) is 9.37. The van der Waals surface area contributed by atoms with Crippen molar-refractivity contribution >= 4 is 33.8 Å². The van der Waals surface area contributed by atoms with Gasteiger partial charge in [0.2, 0.25) is 10.0 Å². The van der Waals surface area contributed by atoms with Gasteiger partial charge in [0.25, 0.3) is 5.91 Å². The van der Waals surface area contributed by atoms with Crippen molar-refractivity contribution in [3.05, 3.63) is 46.6 Å². The molecule has 0 aliphatic carbocycles. The zero-order valence-corrected chi connectivity index (χ0v) is 17.9. The maximum atomic E-state index is 14.4.